The Labute approximate surface area is 123 Å². The standard InChI is InChI=1S/C16H20F2N2O/c1-3-20-9-5-7-14(20)11-19-12(2)13-6-4-8-15(10-13)21-16(17)18/h4-10,12,16,19H,3,11H2,1-2H3. The van der Waals surface area contributed by atoms with E-state index in [2.05, 4.69) is 27.6 Å². The van der Waals surface area contributed by atoms with Crippen LogP contribution < -0.4 is 10.1 Å². The van der Waals surface area contributed by atoms with E-state index in [1.165, 1.54) is 11.8 Å². The van der Waals surface area contributed by atoms with Crippen LogP contribution in [0.2, 0.25) is 0 Å². The maximum atomic E-state index is 12.2. The third-order valence-corrected chi connectivity index (χ3v) is 3.44. The number of hydrogen-bond donors (Lipinski definition) is 1. The summed E-state index contributed by atoms with van der Waals surface area (Å²) >= 11 is 0. The third-order valence-electron chi connectivity index (χ3n) is 3.44. The van der Waals surface area contributed by atoms with Gasteiger partial charge < -0.3 is 14.6 Å². The van der Waals surface area contributed by atoms with Crippen LogP contribution in [0.5, 0.6) is 5.75 Å². The van der Waals surface area contributed by atoms with Crippen LogP contribution in [0.4, 0.5) is 8.78 Å². The first-order valence-corrected chi connectivity index (χ1v) is 7.02. The van der Waals surface area contributed by atoms with Gasteiger partial charge in [0, 0.05) is 31.0 Å². The van der Waals surface area contributed by atoms with E-state index < -0.39 is 6.61 Å². The van der Waals surface area contributed by atoms with Gasteiger partial charge in [-0.1, -0.05) is 12.1 Å². The monoisotopic (exact) mass is 294 g/mol. The molecule has 21 heavy (non-hydrogen) atoms. The van der Waals surface area contributed by atoms with Crippen LogP contribution in [0.15, 0.2) is 42.6 Å². The van der Waals surface area contributed by atoms with Gasteiger partial charge in [-0.3, -0.25) is 0 Å². The SMILES string of the molecule is CCn1cccc1CNC(C)c1cccc(OC(F)F)c1. The molecule has 3 nitrogen and oxygen atoms in total. The zero-order chi connectivity index (χ0) is 15.2. The molecule has 1 atom stereocenters. The lowest BCUT2D eigenvalue weighted by Crippen LogP contribution is -2.20. The maximum Gasteiger partial charge on any atom is 0.387 e. The number of rotatable bonds is 7. The van der Waals surface area contributed by atoms with Crippen LogP contribution in [-0.2, 0) is 13.1 Å². The number of ether oxygens (including phenoxy) is 1. The number of nitrogens with zero attached hydrogens (tertiary/aromatic N) is 1. The molecular weight excluding hydrogens is 274 g/mol. The van der Waals surface area contributed by atoms with Crippen molar-refractivity contribution < 1.29 is 13.5 Å². The minimum Gasteiger partial charge on any atom is -0.435 e. The van der Waals surface area contributed by atoms with Gasteiger partial charge in [0.05, 0.1) is 0 Å². The van der Waals surface area contributed by atoms with E-state index in [1.807, 2.05) is 25.3 Å². The van der Waals surface area contributed by atoms with E-state index in [0.717, 1.165) is 18.7 Å². The molecule has 0 aliphatic heterocycles. The van der Waals surface area contributed by atoms with Gasteiger partial charge in [-0.05, 0) is 43.7 Å². The van der Waals surface area contributed by atoms with Crippen molar-refractivity contribution in [1.82, 2.24) is 9.88 Å². The molecule has 1 N–H and O–H groups in total. The summed E-state index contributed by atoms with van der Waals surface area (Å²) in [6.45, 7) is 2.95. The Balaban J connectivity index is 1.98. The molecule has 0 saturated heterocycles. The smallest absolute Gasteiger partial charge is 0.387 e. The summed E-state index contributed by atoms with van der Waals surface area (Å²) in [5.41, 5.74) is 2.12. The highest BCUT2D eigenvalue weighted by Gasteiger charge is 2.09. The molecule has 0 aliphatic rings. The predicted molar refractivity (Wildman–Crippen MR) is 78.4 cm³/mol. The van der Waals surface area contributed by atoms with Crippen LogP contribution in [0.25, 0.3) is 0 Å². The molecule has 0 fully saturated rings. The lowest BCUT2D eigenvalue weighted by atomic mass is 10.1. The fourth-order valence-corrected chi connectivity index (χ4v) is 2.25. The number of aromatic nitrogens is 1. The summed E-state index contributed by atoms with van der Waals surface area (Å²) < 4.78 is 31.0. The van der Waals surface area contributed by atoms with Gasteiger partial charge in [0.15, 0.2) is 0 Å². The summed E-state index contributed by atoms with van der Waals surface area (Å²) in [5.74, 6) is 0.188. The molecule has 1 heterocycles. The van der Waals surface area contributed by atoms with Crippen molar-refractivity contribution in [1.29, 1.82) is 0 Å². The molecule has 0 amide bonds. The quantitative estimate of drug-likeness (QED) is 0.836. The second-order valence-electron chi connectivity index (χ2n) is 4.84. The third kappa shape index (κ3) is 4.29. The Morgan fingerprint density at radius 3 is 2.76 bits per heavy atom. The molecule has 0 saturated carbocycles. The van der Waals surface area contributed by atoms with Gasteiger partial charge in [-0.2, -0.15) is 8.78 Å². The first-order valence-electron chi connectivity index (χ1n) is 7.02. The van der Waals surface area contributed by atoms with Crippen LogP contribution in [0.1, 0.15) is 31.1 Å². The van der Waals surface area contributed by atoms with Gasteiger partial charge in [0.2, 0.25) is 0 Å². The fraction of sp³-hybridized carbons (Fsp3) is 0.375. The van der Waals surface area contributed by atoms with Crippen molar-refractivity contribution in [3.05, 3.63) is 53.9 Å². The normalized spacial score (nSPS) is 12.6. The number of hydrogen-bond acceptors (Lipinski definition) is 2. The molecule has 0 aliphatic carbocycles. The predicted octanol–water partition coefficient (Wildman–Crippen LogP) is 3.96. The Morgan fingerprint density at radius 2 is 2.05 bits per heavy atom. The van der Waals surface area contributed by atoms with E-state index in [1.54, 1.807) is 12.1 Å². The summed E-state index contributed by atoms with van der Waals surface area (Å²) in [6.07, 6.45) is 2.04. The highest BCUT2D eigenvalue weighted by molar-refractivity contribution is 5.30. The maximum absolute atomic E-state index is 12.2. The Hall–Kier alpha value is -1.88. The molecule has 2 rings (SSSR count). The van der Waals surface area contributed by atoms with Crippen molar-refractivity contribution in [2.24, 2.45) is 0 Å². The number of aryl methyl sites for hydroxylation is 1. The topological polar surface area (TPSA) is 26.2 Å². The number of nitrogens with one attached hydrogen (secondary N) is 1. The number of halogens is 2. The lowest BCUT2D eigenvalue weighted by Gasteiger charge is -2.16. The number of benzene rings is 1. The second-order valence-corrected chi connectivity index (χ2v) is 4.84. The molecule has 114 valence electrons. The zero-order valence-electron chi connectivity index (χ0n) is 12.2. The van der Waals surface area contributed by atoms with Crippen molar-refractivity contribution in [2.45, 2.75) is 39.6 Å². The molecule has 0 radical (unpaired) electrons. The minimum absolute atomic E-state index is 0.0476. The number of alkyl halides is 2. The summed E-state index contributed by atoms with van der Waals surface area (Å²) in [7, 11) is 0. The van der Waals surface area contributed by atoms with Crippen molar-refractivity contribution >= 4 is 0 Å². The van der Waals surface area contributed by atoms with Crippen LogP contribution in [0.3, 0.4) is 0 Å². The summed E-state index contributed by atoms with van der Waals surface area (Å²) in [5, 5.41) is 3.39. The first kappa shape index (κ1) is 15.5. The van der Waals surface area contributed by atoms with E-state index in [9.17, 15) is 8.78 Å². The largest absolute Gasteiger partial charge is 0.435 e. The van der Waals surface area contributed by atoms with Gasteiger partial charge in [0.25, 0.3) is 0 Å². The first-order chi connectivity index (χ1) is 10.1. The molecule has 1 aromatic carbocycles. The van der Waals surface area contributed by atoms with Crippen molar-refractivity contribution in [3.8, 4) is 5.75 Å². The van der Waals surface area contributed by atoms with Crippen molar-refractivity contribution in [2.75, 3.05) is 0 Å². The van der Waals surface area contributed by atoms with E-state index in [4.69, 9.17) is 0 Å². The van der Waals surface area contributed by atoms with Gasteiger partial charge >= 0.3 is 6.61 Å². The van der Waals surface area contributed by atoms with Crippen molar-refractivity contribution in [3.63, 3.8) is 0 Å². The second kappa shape index (κ2) is 7.22. The molecular formula is C16H20F2N2O. The van der Waals surface area contributed by atoms with Gasteiger partial charge in [-0.25, -0.2) is 0 Å². The van der Waals surface area contributed by atoms with E-state index in [0.29, 0.717) is 0 Å². The van der Waals surface area contributed by atoms with E-state index >= 15 is 0 Å². The van der Waals surface area contributed by atoms with Gasteiger partial charge in [-0.15, -0.1) is 0 Å². The fourth-order valence-electron chi connectivity index (χ4n) is 2.25. The Morgan fingerprint density at radius 1 is 1.24 bits per heavy atom. The molecule has 0 bridgehead atoms. The Kier molecular flexibility index (Phi) is 5.33. The van der Waals surface area contributed by atoms with Crippen LogP contribution >= 0.6 is 0 Å². The highest BCUT2D eigenvalue weighted by atomic mass is 19.3. The van der Waals surface area contributed by atoms with Crippen LogP contribution in [-0.4, -0.2) is 11.2 Å². The molecule has 5 heteroatoms. The molecule has 1 unspecified atom stereocenters. The van der Waals surface area contributed by atoms with E-state index in [-0.39, 0.29) is 11.8 Å². The van der Waals surface area contributed by atoms with Gasteiger partial charge in [0.1, 0.15) is 5.75 Å². The summed E-state index contributed by atoms with van der Waals surface area (Å²) in [4.78, 5) is 0. The molecule has 2 aromatic rings. The average molecular weight is 294 g/mol. The zero-order valence-corrected chi connectivity index (χ0v) is 12.2. The average Bonchev–Trinajstić information content (AvgIpc) is 2.91. The lowest BCUT2D eigenvalue weighted by molar-refractivity contribution is -0.0499. The summed E-state index contributed by atoms with van der Waals surface area (Å²) in [6, 6.07) is 10.9. The highest BCUT2D eigenvalue weighted by Crippen LogP contribution is 2.21. The molecule has 1 aromatic heterocycles. The minimum atomic E-state index is -2.80. The van der Waals surface area contributed by atoms with Crippen LogP contribution in [0, 0.1) is 0 Å². The Bertz CT molecular complexity index is 569. The molecule has 0 spiro atoms.